The fourth-order valence-electron chi connectivity index (χ4n) is 6.67. The summed E-state index contributed by atoms with van der Waals surface area (Å²) < 4.78 is 0. The highest BCUT2D eigenvalue weighted by molar-refractivity contribution is 6.58. The summed E-state index contributed by atoms with van der Waals surface area (Å²) in [5.41, 5.74) is 12.8. The molecule has 0 fully saturated rings. The highest BCUT2D eigenvalue weighted by Crippen LogP contribution is 2.42. The molecule has 0 atom stereocenters. The Morgan fingerprint density at radius 3 is 1.52 bits per heavy atom. The summed E-state index contributed by atoms with van der Waals surface area (Å²) in [5.74, 6) is 0. The average Bonchev–Trinajstić information content (AvgIpc) is 3.19. The molecule has 0 radical (unpaired) electrons. The van der Waals surface area contributed by atoms with Crippen molar-refractivity contribution in [2.75, 3.05) is 4.90 Å². The second-order valence-corrected chi connectivity index (χ2v) is 12.5. The Balaban J connectivity index is 1.22. The van der Waals surface area contributed by atoms with E-state index < -0.39 is 7.12 Å². The second-order valence-electron chi connectivity index (χ2n) is 12.5. The molecular weight excluding hydrogens is 609 g/mol. The Morgan fingerprint density at radius 2 is 0.820 bits per heavy atom. The van der Waals surface area contributed by atoms with Gasteiger partial charge in [-0.05, 0) is 91.6 Å². The van der Waals surface area contributed by atoms with Crippen LogP contribution in [0.1, 0.15) is 0 Å². The maximum Gasteiger partial charge on any atom is 0.488 e. The van der Waals surface area contributed by atoms with Crippen molar-refractivity contribution < 1.29 is 10.0 Å². The standard InChI is InChI=1S/C46H34BNO2/c49-47(50)42-27-24-36(25-28-42)39-22-23-41-32-44(29-26-40(41)30-39)48(46-17-8-7-16-45(46)37-12-5-2-6-13-37)43-15-9-14-38(31-43)35-20-18-34(19-21-35)33-10-3-1-4-11-33/h1-32,49-50H. The second kappa shape index (κ2) is 13.7. The Kier molecular flexibility index (Phi) is 8.54. The normalized spacial score (nSPS) is 11.0. The van der Waals surface area contributed by atoms with Crippen LogP contribution in [0, 0.1) is 0 Å². The van der Waals surface area contributed by atoms with Gasteiger partial charge in [0, 0.05) is 16.9 Å². The van der Waals surface area contributed by atoms with Crippen LogP contribution in [0.15, 0.2) is 194 Å². The van der Waals surface area contributed by atoms with Crippen LogP contribution in [0.25, 0.3) is 55.3 Å². The molecule has 3 nitrogen and oxygen atoms in total. The van der Waals surface area contributed by atoms with E-state index in [1.165, 1.54) is 11.1 Å². The van der Waals surface area contributed by atoms with E-state index in [2.05, 4.69) is 169 Å². The Morgan fingerprint density at radius 1 is 0.340 bits per heavy atom. The number of nitrogens with zero attached hydrogens (tertiary/aromatic N) is 1. The minimum atomic E-state index is -1.48. The molecule has 0 amide bonds. The molecule has 0 bridgehead atoms. The first kappa shape index (κ1) is 31.1. The van der Waals surface area contributed by atoms with Crippen molar-refractivity contribution in [2.24, 2.45) is 0 Å². The zero-order valence-electron chi connectivity index (χ0n) is 27.4. The smallest absolute Gasteiger partial charge is 0.423 e. The highest BCUT2D eigenvalue weighted by Gasteiger charge is 2.18. The van der Waals surface area contributed by atoms with E-state index in [-0.39, 0.29) is 0 Å². The number of para-hydroxylation sites is 1. The predicted octanol–water partition coefficient (Wildman–Crippen LogP) is 10.7. The molecule has 8 rings (SSSR count). The lowest BCUT2D eigenvalue weighted by Gasteiger charge is -2.28. The van der Waals surface area contributed by atoms with Crippen molar-refractivity contribution in [1.82, 2.24) is 0 Å². The van der Waals surface area contributed by atoms with Crippen LogP contribution in [0.3, 0.4) is 0 Å². The largest absolute Gasteiger partial charge is 0.488 e. The lowest BCUT2D eigenvalue weighted by atomic mass is 9.80. The van der Waals surface area contributed by atoms with E-state index in [4.69, 9.17) is 0 Å². The van der Waals surface area contributed by atoms with Crippen molar-refractivity contribution in [2.45, 2.75) is 0 Å². The van der Waals surface area contributed by atoms with Gasteiger partial charge < -0.3 is 14.9 Å². The molecule has 0 spiro atoms. The summed E-state index contributed by atoms with van der Waals surface area (Å²) in [6.07, 6.45) is 0. The van der Waals surface area contributed by atoms with Gasteiger partial charge >= 0.3 is 7.12 Å². The zero-order chi connectivity index (χ0) is 33.9. The van der Waals surface area contributed by atoms with E-state index in [1.807, 2.05) is 18.2 Å². The summed E-state index contributed by atoms with van der Waals surface area (Å²) in [4.78, 5) is 2.36. The zero-order valence-corrected chi connectivity index (χ0v) is 27.4. The lowest BCUT2D eigenvalue weighted by molar-refractivity contribution is 0.426. The third-order valence-electron chi connectivity index (χ3n) is 9.28. The van der Waals surface area contributed by atoms with Gasteiger partial charge in [-0.3, -0.25) is 0 Å². The van der Waals surface area contributed by atoms with Gasteiger partial charge in [0.1, 0.15) is 0 Å². The topological polar surface area (TPSA) is 43.7 Å². The Hall–Kier alpha value is -6.20. The molecule has 2 N–H and O–H groups in total. The molecule has 8 aromatic carbocycles. The van der Waals surface area contributed by atoms with E-state index >= 15 is 0 Å². The van der Waals surface area contributed by atoms with Gasteiger partial charge in [0.15, 0.2) is 0 Å². The van der Waals surface area contributed by atoms with E-state index in [1.54, 1.807) is 12.1 Å². The van der Waals surface area contributed by atoms with Crippen molar-refractivity contribution >= 4 is 40.4 Å². The lowest BCUT2D eigenvalue weighted by Crippen LogP contribution is -2.29. The molecule has 238 valence electrons. The Labute approximate surface area is 293 Å². The van der Waals surface area contributed by atoms with Gasteiger partial charge in [-0.2, -0.15) is 0 Å². The number of hydrogen-bond donors (Lipinski definition) is 2. The molecule has 4 heteroatoms. The fourth-order valence-corrected chi connectivity index (χ4v) is 6.67. The van der Waals surface area contributed by atoms with Gasteiger partial charge in [-0.1, -0.05) is 158 Å². The van der Waals surface area contributed by atoms with Crippen LogP contribution in [-0.2, 0) is 0 Å². The van der Waals surface area contributed by atoms with Crippen LogP contribution >= 0.6 is 0 Å². The minimum Gasteiger partial charge on any atom is -0.423 e. The third kappa shape index (κ3) is 6.34. The van der Waals surface area contributed by atoms with Crippen molar-refractivity contribution in [1.29, 1.82) is 0 Å². The van der Waals surface area contributed by atoms with E-state index in [9.17, 15) is 10.0 Å². The first-order valence-corrected chi connectivity index (χ1v) is 16.8. The summed E-state index contributed by atoms with van der Waals surface area (Å²) in [6, 6.07) is 67.7. The third-order valence-corrected chi connectivity index (χ3v) is 9.28. The molecule has 0 saturated heterocycles. The predicted molar refractivity (Wildman–Crippen MR) is 210 cm³/mol. The molecule has 50 heavy (non-hydrogen) atoms. The van der Waals surface area contributed by atoms with Crippen molar-refractivity contribution in [3.8, 4) is 44.5 Å². The SMILES string of the molecule is OB(O)c1ccc(-c2ccc3cc(N(c4cccc(-c5ccc(-c6ccccc6)cc5)c4)c4ccccc4-c4ccccc4)ccc3c2)cc1. The monoisotopic (exact) mass is 643 g/mol. The van der Waals surface area contributed by atoms with Gasteiger partial charge in [-0.15, -0.1) is 0 Å². The van der Waals surface area contributed by atoms with Gasteiger partial charge in [0.2, 0.25) is 0 Å². The first-order valence-electron chi connectivity index (χ1n) is 16.8. The fraction of sp³-hybridized carbons (Fsp3) is 0. The first-order chi connectivity index (χ1) is 24.6. The maximum absolute atomic E-state index is 9.52. The number of rotatable bonds is 8. The number of benzene rings is 8. The van der Waals surface area contributed by atoms with E-state index in [0.29, 0.717) is 5.46 Å². The molecule has 8 aromatic rings. The Bertz CT molecular complexity index is 2390. The average molecular weight is 644 g/mol. The van der Waals surface area contributed by atoms with Crippen molar-refractivity contribution in [3.05, 3.63) is 194 Å². The van der Waals surface area contributed by atoms with E-state index in [0.717, 1.165) is 61.2 Å². The van der Waals surface area contributed by atoms with Crippen LogP contribution in [0.4, 0.5) is 17.1 Å². The highest BCUT2D eigenvalue weighted by atomic mass is 16.4. The maximum atomic E-state index is 9.52. The summed E-state index contributed by atoms with van der Waals surface area (Å²) >= 11 is 0. The molecular formula is C46H34BNO2. The minimum absolute atomic E-state index is 0.475. The molecule has 0 saturated carbocycles. The van der Waals surface area contributed by atoms with Crippen LogP contribution < -0.4 is 10.4 Å². The molecule has 0 aliphatic rings. The molecule has 0 aliphatic carbocycles. The molecule has 0 heterocycles. The number of hydrogen-bond acceptors (Lipinski definition) is 3. The van der Waals surface area contributed by atoms with Crippen molar-refractivity contribution in [3.63, 3.8) is 0 Å². The quantitative estimate of drug-likeness (QED) is 0.162. The summed E-state index contributed by atoms with van der Waals surface area (Å²) in [6.45, 7) is 0. The number of fused-ring (bicyclic) bond motifs is 1. The van der Waals surface area contributed by atoms with Crippen LogP contribution in [-0.4, -0.2) is 17.2 Å². The van der Waals surface area contributed by atoms with Gasteiger partial charge in [0.25, 0.3) is 0 Å². The molecule has 0 aromatic heterocycles. The molecule has 0 aliphatic heterocycles. The summed E-state index contributed by atoms with van der Waals surface area (Å²) in [7, 11) is -1.48. The molecule has 0 unspecified atom stereocenters. The van der Waals surface area contributed by atoms with Gasteiger partial charge in [0.05, 0.1) is 5.69 Å². The summed E-state index contributed by atoms with van der Waals surface area (Å²) in [5, 5.41) is 21.3. The number of anilines is 3. The van der Waals surface area contributed by atoms with Gasteiger partial charge in [-0.25, -0.2) is 0 Å². The van der Waals surface area contributed by atoms with Crippen LogP contribution in [0.2, 0.25) is 0 Å². The van der Waals surface area contributed by atoms with Crippen LogP contribution in [0.5, 0.6) is 0 Å².